The van der Waals surface area contributed by atoms with Gasteiger partial charge in [-0.15, -0.1) is 11.3 Å². The Balaban J connectivity index is 1.34. The van der Waals surface area contributed by atoms with Crippen LogP contribution in [0.5, 0.6) is 5.75 Å². The van der Waals surface area contributed by atoms with Crippen LogP contribution in [0, 0.1) is 0 Å². The number of nitrogens with two attached hydrogens (primary N) is 1. The summed E-state index contributed by atoms with van der Waals surface area (Å²) in [5.41, 5.74) is 9.28. The van der Waals surface area contributed by atoms with E-state index in [1.807, 2.05) is 72.8 Å². The molecular formula is C29H32N4O3S. The smallest absolute Gasteiger partial charge is 0.229 e. The first-order valence-electron chi connectivity index (χ1n) is 12.3. The largest absolute Gasteiger partial charge is 0.508 e. The number of aliphatic hydroxyl groups is 1. The van der Waals surface area contributed by atoms with Crippen molar-refractivity contribution in [2.75, 3.05) is 30.7 Å². The molecule has 7 nitrogen and oxygen atoms in total. The zero-order valence-corrected chi connectivity index (χ0v) is 21.4. The number of aromatic hydroxyl groups is 1. The van der Waals surface area contributed by atoms with Crippen LogP contribution >= 0.6 is 11.3 Å². The van der Waals surface area contributed by atoms with Gasteiger partial charge >= 0.3 is 0 Å². The number of carbonyl (C=O) groups excluding carboxylic acids is 1. The van der Waals surface area contributed by atoms with Gasteiger partial charge in [-0.3, -0.25) is 9.69 Å². The number of para-hydroxylation sites is 1. The summed E-state index contributed by atoms with van der Waals surface area (Å²) >= 11 is 1.31. The lowest BCUT2D eigenvalue weighted by Crippen LogP contribution is -2.32. The standard InChI is InChI=1S/C29H32N4O3S/c30-29-31-19-25(37-29)18-28(36)32-24-12-10-21(11-13-24)14-16-33(17-15-23-8-4-5-9-26(23)34)20-27(35)22-6-2-1-3-7-22/h1-13,19,27,34-35H,14-18,20H2,(H2,30,31)(H,32,36). The highest BCUT2D eigenvalue weighted by molar-refractivity contribution is 7.15. The summed E-state index contributed by atoms with van der Waals surface area (Å²) in [6, 6.07) is 24.9. The summed E-state index contributed by atoms with van der Waals surface area (Å²) in [6.45, 7) is 1.95. The van der Waals surface area contributed by atoms with E-state index in [1.54, 1.807) is 12.3 Å². The maximum atomic E-state index is 12.3. The van der Waals surface area contributed by atoms with Crippen LogP contribution in [-0.4, -0.2) is 45.6 Å². The third kappa shape index (κ3) is 8.15. The SMILES string of the molecule is Nc1ncc(CC(=O)Nc2ccc(CCN(CCc3ccccc3O)CC(O)c3ccccc3)cc2)s1. The van der Waals surface area contributed by atoms with Gasteiger partial charge < -0.3 is 21.3 Å². The van der Waals surface area contributed by atoms with E-state index in [4.69, 9.17) is 5.73 Å². The Labute approximate surface area is 221 Å². The Morgan fingerprint density at radius 2 is 1.68 bits per heavy atom. The molecule has 0 aliphatic carbocycles. The predicted octanol–water partition coefficient (Wildman–Crippen LogP) is 4.43. The zero-order valence-electron chi connectivity index (χ0n) is 20.6. The molecule has 1 amide bonds. The number of nitrogens with one attached hydrogen (secondary N) is 1. The summed E-state index contributed by atoms with van der Waals surface area (Å²) < 4.78 is 0. The monoisotopic (exact) mass is 516 g/mol. The van der Waals surface area contributed by atoms with E-state index in [9.17, 15) is 15.0 Å². The highest BCUT2D eigenvalue weighted by Gasteiger charge is 2.15. The summed E-state index contributed by atoms with van der Waals surface area (Å²) in [5, 5.41) is 24.4. The molecule has 0 radical (unpaired) electrons. The lowest BCUT2D eigenvalue weighted by Gasteiger charge is -2.25. The number of phenols is 1. The van der Waals surface area contributed by atoms with Crippen molar-refractivity contribution in [3.63, 3.8) is 0 Å². The van der Waals surface area contributed by atoms with E-state index in [0.29, 0.717) is 30.4 Å². The van der Waals surface area contributed by atoms with Crippen LogP contribution in [0.25, 0.3) is 0 Å². The lowest BCUT2D eigenvalue weighted by atomic mass is 10.1. The average Bonchev–Trinajstić information content (AvgIpc) is 3.31. The van der Waals surface area contributed by atoms with Gasteiger partial charge in [0.25, 0.3) is 0 Å². The second-order valence-corrected chi connectivity index (χ2v) is 10.1. The van der Waals surface area contributed by atoms with Crippen LogP contribution in [0.15, 0.2) is 85.1 Å². The topological polar surface area (TPSA) is 112 Å². The van der Waals surface area contributed by atoms with Crippen LogP contribution in [-0.2, 0) is 24.1 Å². The highest BCUT2D eigenvalue weighted by atomic mass is 32.1. The molecule has 0 saturated heterocycles. The number of hydrogen-bond donors (Lipinski definition) is 4. The Morgan fingerprint density at radius 1 is 0.973 bits per heavy atom. The van der Waals surface area contributed by atoms with E-state index in [0.717, 1.165) is 40.2 Å². The molecular weight excluding hydrogens is 484 g/mol. The fourth-order valence-corrected chi connectivity index (χ4v) is 4.81. The van der Waals surface area contributed by atoms with Crippen LogP contribution in [0.2, 0.25) is 0 Å². The number of nitrogens with zero attached hydrogens (tertiary/aromatic N) is 2. The molecule has 0 bridgehead atoms. The number of benzene rings is 3. The second-order valence-electron chi connectivity index (χ2n) is 8.94. The van der Waals surface area contributed by atoms with E-state index >= 15 is 0 Å². The molecule has 4 rings (SSSR count). The van der Waals surface area contributed by atoms with Gasteiger partial charge in [-0.1, -0.05) is 60.7 Å². The predicted molar refractivity (Wildman–Crippen MR) is 149 cm³/mol. The Bertz CT molecular complexity index is 1280. The molecule has 0 fully saturated rings. The van der Waals surface area contributed by atoms with Gasteiger partial charge in [0.1, 0.15) is 5.75 Å². The average molecular weight is 517 g/mol. The number of phenolic OH excluding ortho intramolecular Hbond substituents is 1. The van der Waals surface area contributed by atoms with Crippen molar-refractivity contribution in [1.82, 2.24) is 9.88 Å². The molecule has 0 aliphatic heterocycles. The molecule has 8 heteroatoms. The van der Waals surface area contributed by atoms with Crippen molar-refractivity contribution in [3.05, 3.63) is 107 Å². The fraction of sp³-hybridized carbons (Fsp3) is 0.241. The normalized spacial score (nSPS) is 11.9. The first-order chi connectivity index (χ1) is 18.0. The molecule has 37 heavy (non-hydrogen) atoms. The summed E-state index contributed by atoms with van der Waals surface area (Å²) in [7, 11) is 0. The van der Waals surface area contributed by atoms with Crippen LogP contribution < -0.4 is 11.1 Å². The third-order valence-corrected chi connectivity index (χ3v) is 6.99. The maximum absolute atomic E-state index is 12.3. The van der Waals surface area contributed by atoms with Gasteiger partial charge in [-0.25, -0.2) is 4.98 Å². The lowest BCUT2D eigenvalue weighted by molar-refractivity contribution is -0.115. The minimum Gasteiger partial charge on any atom is -0.508 e. The molecule has 5 N–H and O–H groups in total. The van der Waals surface area contributed by atoms with Crippen molar-refractivity contribution in [1.29, 1.82) is 0 Å². The van der Waals surface area contributed by atoms with Gasteiger partial charge in [0, 0.05) is 36.4 Å². The molecule has 0 aliphatic rings. The van der Waals surface area contributed by atoms with Crippen molar-refractivity contribution in [2.45, 2.75) is 25.4 Å². The zero-order chi connectivity index (χ0) is 26.0. The molecule has 1 unspecified atom stereocenters. The minimum atomic E-state index is -0.600. The number of hydrogen-bond acceptors (Lipinski definition) is 7. The molecule has 1 atom stereocenters. The van der Waals surface area contributed by atoms with E-state index in [-0.39, 0.29) is 12.3 Å². The van der Waals surface area contributed by atoms with Crippen LogP contribution in [0.3, 0.4) is 0 Å². The summed E-state index contributed by atoms with van der Waals surface area (Å²) in [6.07, 6.45) is 2.74. The molecule has 1 heterocycles. The molecule has 3 aromatic carbocycles. The van der Waals surface area contributed by atoms with Gasteiger partial charge in [0.2, 0.25) is 5.91 Å². The maximum Gasteiger partial charge on any atom is 0.229 e. The minimum absolute atomic E-state index is 0.110. The number of carbonyl (C=O) groups is 1. The fourth-order valence-electron chi connectivity index (χ4n) is 4.13. The number of amides is 1. The Morgan fingerprint density at radius 3 is 2.38 bits per heavy atom. The quantitative estimate of drug-likeness (QED) is 0.222. The number of anilines is 2. The number of rotatable bonds is 12. The second kappa shape index (κ2) is 13.0. The third-order valence-electron chi connectivity index (χ3n) is 6.17. The Hall–Kier alpha value is -3.72. The van der Waals surface area contributed by atoms with Gasteiger partial charge in [0.15, 0.2) is 5.13 Å². The van der Waals surface area contributed by atoms with Gasteiger partial charge in [0.05, 0.1) is 12.5 Å². The van der Waals surface area contributed by atoms with Gasteiger partial charge in [-0.05, 0) is 47.7 Å². The molecule has 0 spiro atoms. The van der Waals surface area contributed by atoms with Crippen molar-refractivity contribution < 1.29 is 15.0 Å². The highest BCUT2D eigenvalue weighted by Crippen LogP contribution is 2.20. The number of nitrogen functional groups attached to an aromatic ring is 1. The van der Waals surface area contributed by atoms with E-state index in [2.05, 4.69) is 15.2 Å². The first kappa shape index (κ1) is 26.3. The molecule has 4 aromatic rings. The van der Waals surface area contributed by atoms with Crippen molar-refractivity contribution >= 4 is 28.1 Å². The van der Waals surface area contributed by atoms with Gasteiger partial charge in [-0.2, -0.15) is 0 Å². The van der Waals surface area contributed by atoms with Crippen LogP contribution in [0.4, 0.5) is 10.8 Å². The molecule has 1 aromatic heterocycles. The van der Waals surface area contributed by atoms with E-state index in [1.165, 1.54) is 11.3 Å². The van der Waals surface area contributed by atoms with Crippen molar-refractivity contribution in [2.24, 2.45) is 0 Å². The number of thiazole rings is 1. The van der Waals surface area contributed by atoms with Crippen molar-refractivity contribution in [3.8, 4) is 5.75 Å². The summed E-state index contributed by atoms with van der Waals surface area (Å²) in [5.74, 6) is 0.184. The number of aromatic nitrogens is 1. The summed E-state index contributed by atoms with van der Waals surface area (Å²) in [4.78, 5) is 19.3. The molecule has 192 valence electrons. The van der Waals surface area contributed by atoms with E-state index < -0.39 is 6.10 Å². The Kier molecular flexibility index (Phi) is 9.26. The first-order valence-corrected chi connectivity index (χ1v) is 13.1. The van der Waals surface area contributed by atoms with Crippen LogP contribution in [0.1, 0.15) is 27.7 Å². The molecule has 0 saturated carbocycles. The number of aliphatic hydroxyl groups excluding tert-OH is 1.